The Bertz CT molecular complexity index is 369. The maximum Gasteiger partial charge on any atom is 0.119 e. The molecule has 112 valence electrons. The summed E-state index contributed by atoms with van der Waals surface area (Å²) in [6.07, 6.45) is 3.85. The van der Waals surface area contributed by atoms with Crippen molar-refractivity contribution in [1.82, 2.24) is 4.90 Å². The van der Waals surface area contributed by atoms with Gasteiger partial charge >= 0.3 is 0 Å². The number of benzene rings is 1. The lowest BCUT2D eigenvalue weighted by Crippen LogP contribution is -2.49. The van der Waals surface area contributed by atoms with Gasteiger partial charge in [-0.25, -0.2) is 0 Å². The van der Waals surface area contributed by atoms with Gasteiger partial charge in [0.2, 0.25) is 0 Å². The van der Waals surface area contributed by atoms with Gasteiger partial charge in [0.05, 0.1) is 6.61 Å². The Morgan fingerprint density at radius 1 is 1.20 bits per heavy atom. The molecule has 1 aliphatic rings. The summed E-state index contributed by atoms with van der Waals surface area (Å²) in [5.41, 5.74) is 0. The highest BCUT2D eigenvalue weighted by atomic mass is 16.5. The molecule has 0 unspecified atom stereocenters. The second-order valence-electron chi connectivity index (χ2n) is 5.49. The summed E-state index contributed by atoms with van der Waals surface area (Å²) in [6.45, 7) is 7.77. The molecule has 0 spiro atoms. The summed E-state index contributed by atoms with van der Waals surface area (Å²) in [6, 6.07) is 11.2. The maximum absolute atomic E-state index is 5.83. The van der Waals surface area contributed by atoms with Crippen molar-refractivity contribution in [3.63, 3.8) is 0 Å². The van der Waals surface area contributed by atoms with Crippen LogP contribution in [0.2, 0.25) is 0 Å². The molecule has 1 aliphatic heterocycles. The van der Waals surface area contributed by atoms with Crippen molar-refractivity contribution in [2.24, 2.45) is 0 Å². The van der Waals surface area contributed by atoms with Crippen molar-refractivity contribution in [2.75, 3.05) is 26.4 Å². The van der Waals surface area contributed by atoms with Gasteiger partial charge in [-0.05, 0) is 38.8 Å². The van der Waals surface area contributed by atoms with E-state index in [2.05, 4.69) is 18.7 Å². The van der Waals surface area contributed by atoms with Gasteiger partial charge < -0.3 is 9.47 Å². The molecule has 1 aromatic rings. The first kappa shape index (κ1) is 15.3. The lowest BCUT2D eigenvalue weighted by atomic mass is 9.97. The van der Waals surface area contributed by atoms with Gasteiger partial charge in [-0.3, -0.25) is 4.90 Å². The highest BCUT2D eigenvalue weighted by Crippen LogP contribution is 2.23. The van der Waals surface area contributed by atoms with E-state index in [9.17, 15) is 0 Å². The normalized spacial score (nSPS) is 23.7. The van der Waals surface area contributed by atoms with E-state index in [0.29, 0.717) is 12.1 Å². The number of rotatable bonds is 7. The first-order valence-corrected chi connectivity index (χ1v) is 7.82. The molecule has 0 N–H and O–H groups in total. The first-order valence-electron chi connectivity index (χ1n) is 7.82. The SMILES string of the molecule is CCOC[C@@H]1CCC[C@H](C)N1CCOc1ccccc1. The number of hydrogen-bond donors (Lipinski definition) is 0. The summed E-state index contributed by atoms with van der Waals surface area (Å²) >= 11 is 0. The van der Waals surface area contributed by atoms with Crippen molar-refractivity contribution in [2.45, 2.75) is 45.2 Å². The number of nitrogens with zero attached hydrogens (tertiary/aromatic N) is 1. The van der Waals surface area contributed by atoms with E-state index in [1.165, 1.54) is 19.3 Å². The summed E-state index contributed by atoms with van der Waals surface area (Å²) in [5, 5.41) is 0. The van der Waals surface area contributed by atoms with Crippen LogP contribution in [-0.4, -0.2) is 43.3 Å². The fraction of sp³-hybridized carbons (Fsp3) is 0.647. The average Bonchev–Trinajstić information content (AvgIpc) is 2.48. The van der Waals surface area contributed by atoms with Crippen LogP contribution in [0.25, 0.3) is 0 Å². The molecule has 0 bridgehead atoms. The lowest BCUT2D eigenvalue weighted by Gasteiger charge is -2.40. The molecule has 1 aromatic carbocycles. The minimum absolute atomic E-state index is 0.554. The number of para-hydroxylation sites is 1. The van der Waals surface area contributed by atoms with Gasteiger partial charge in [0.1, 0.15) is 12.4 Å². The highest BCUT2D eigenvalue weighted by molar-refractivity contribution is 5.20. The van der Waals surface area contributed by atoms with Gasteiger partial charge in [-0.2, -0.15) is 0 Å². The number of likely N-dealkylation sites (tertiary alicyclic amines) is 1. The Kier molecular flexibility index (Phi) is 6.34. The molecule has 0 amide bonds. The third-order valence-corrected chi connectivity index (χ3v) is 4.07. The summed E-state index contributed by atoms with van der Waals surface area (Å²) in [7, 11) is 0. The summed E-state index contributed by atoms with van der Waals surface area (Å²) in [4.78, 5) is 2.56. The Balaban J connectivity index is 1.81. The molecule has 0 aliphatic carbocycles. The van der Waals surface area contributed by atoms with Crippen LogP contribution in [0.15, 0.2) is 30.3 Å². The van der Waals surface area contributed by atoms with Crippen molar-refractivity contribution >= 4 is 0 Å². The van der Waals surface area contributed by atoms with Crippen LogP contribution in [0.4, 0.5) is 0 Å². The van der Waals surface area contributed by atoms with Crippen LogP contribution in [0, 0.1) is 0 Å². The Hall–Kier alpha value is -1.06. The van der Waals surface area contributed by atoms with Crippen molar-refractivity contribution in [1.29, 1.82) is 0 Å². The standard InChI is InChI=1S/C17H27NO2/c1-3-19-14-16-9-7-8-15(2)18(16)12-13-20-17-10-5-4-6-11-17/h4-6,10-11,15-16H,3,7-9,12-14H2,1-2H3/t15-,16-/m0/s1. The van der Waals surface area contributed by atoms with Crippen LogP contribution in [0.3, 0.4) is 0 Å². The van der Waals surface area contributed by atoms with E-state index in [4.69, 9.17) is 9.47 Å². The number of piperidine rings is 1. The Morgan fingerprint density at radius 3 is 2.75 bits per heavy atom. The third kappa shape index (κ3) is 4.50. The molecule has 3 nitrogen and oxygen atoms in total. The predicted octanol–water partition coefficient (Wildman–Crippen LogP) is 3.34. The molecule has 1 heterocycles. The smallest absolute Gasteiger partial charge is 0.119 e. The van der Waals surface area contributed by atoms with E-state index in [1.54, 1.807) is 0 Å². The van der Waals surface area contributed by atoms with Crippen molar-refractivity contribution in [3.05, 3.63) is 30.3 Å². The van der Waals surface area contributed by atoms with Crippen LogP contribution in [0.1, 0.15) is 33.1 Å². The molecular weight excluding hydrogens is 250 g/mol. The van der Waals surface area contributed by atoms with Gasteiger partial charge in [-0.15, -0.1) is 0 Å². The molecule has 2 rings (SSSR count). The Morgan fingerprint density at radius 2 is 2.00 bits per heavy atom. The molecule has 1 saturated heterocycles. The zero-order valence-corrected chi connectivity index (χ0v) is 12.8. The largest absolute Gasteiger partial charge is 0.492 e. The topological polar surface area (TPSA) is 21.7 Å². The van der Waals surface area contributed by atoms with Crippen LogP contribution >= 0.6 is 0 Å². The zero-order valence-electron chi connectivity index (χ0n) is 12.8. The third-order valence-electron chi connectivity index (χ3n) is 4.07. The summed E-state index contributed by atoms with van der Waals surface area (Å²) < 4.78 is 11.5. The monoisotopic (exact) mass is 277 g/mol. The molecular formula is C17H27NO2. The molecule has 0 radical (unpaired) electrons. The molecule has 20 heavy (non-hydrogen) atoms. The molecule has 1 fully saturated rings. The Labute approximate surface area is 122 Å². The van der Waals surface area contributed by atoms with Gasteiger partial charge in [-0.1, -0.05) is 24.6 Å². The van der Waals surface area contributed by atoms with E-state index in [0.717, 1.165) is 32.1 Å². The fourth-order valence-electron chi connectivity index (χ4n) is 2.96. The highest BCUT2D eigenvalue weighted by Gasteiger charge is 2.27. The quantitative estimate of drug-likeness (QED) is 0.763. The first-order chi connectivity index (χ1) is 9.81. The van der Waals surface area contributed by atoms with Crippen molar-refractivity contribution in [3.8, 4) is 5.75 Å². The fourth-order valence-corrected chi connectivity index (χ4v) is 2.96. The van der Waals surface area contributed by atoms with Gasteiger partial charge in [0.25, 0.3) is 0 Å². The zero-order chi connectivity index (χ0) is 14.2. The molecule has 3 heteroatoms. The van der Waals surface area contributed by atoms with Crippen LogP contribution in [0.5, 0.6) is 5.75 Å². The van der Waals surface area contributed by atoms with E-state index < -0.39 is 0 Å². The van der Waals surface area contributed by atoms with E-state index >= 15 is 0 Å². The van der Waals surface area contributed by atoms with Gasteiger partial charge in [0.15, 0.2) is 0 Å². The van der Waals surface area contributed by atoms with Crippen LogP contribution < -0.4 is 4.74 Å². The van der Waals surface area contributed by atoms with E-state index in [-0.39, 0.29) is 0 Å². The lowest BCUT2D eigenvalue weighted by molar-refractivity contribution is 0.0134. The molecule has 2 atom stereocenters. The minimum Gasteiger partial charge on any atom is -0.492 e. The second-order valence-corrected chi connectivity index (χ2v) is 5.49. The van der Waals surface area contributed by atoms with Gasteiger partial charge in [0, 0.05) is 25.2 Å². The number of ether oxygens (including phenoxy) is 2. The molecule has 0 aromatic heterocycles. The molecule has 0 saturated carbocycles. The second kappa shape index (κ2) is 8.28. The average molecular weight is 277 g/mol. The maximum atomic E-state index is 5.83. The minimum atomic E-state index is 0.554. The van der Waals surface area contributed by atoms with Crippen molar-refractivity contribution < 1.29 is 9.47 Å². The van der Waals surface area contributed by atoms with E-state index in [1.807, 2.05) is 30.3 Å². The van der Waals surface area contributed by atoms with Crippen LogP contribution in [-0.2, 0) is 4.74 Å². The predicted molar refractivity (Wildman–Crippen MR) is 82.2 cm³/mol. The summed E-state index contributed by atoms with van der Waals surface area (Å²) in [5.74, 6) is 0.957. The number of hydrogen-bond acceptors (Lipinski definition) is 3.